The molecule has 0 unspecified atom stereocenters. The molecular formula is C13H10F2N6O2. The summed E-state index contributed by atoms with van der Waals surface area (Å²) in [7, 11) is 1.72. The van der Waals surface area contributed by atoms with E-state index in [1.165, 1.54) is 6.07 Å². The van der Waals surface area contributed by atoms with Crippen molar-refractivity contribution in [2.45, 2.75) is 0 Å². The lowest BCUT2D eigenvalue weighted by atomic mass is 10.3. The van der Waals surface area contributed by atoms with Crippen LogP contribution in [0.4, 0.5) is 25.3 Å². The highest BCUT2D eigenvalue weighted by molar-refractivity contribution is 5.98. The fourth-order valence-corrected chi connectivity index (χ4v) is 1.77. The van der Waals surface area contributed by atoms with E-state index in [0.29, 0.717) is 5.69 Å². The number of hydrogen-bond donors (Lipinski definition) is 2. The number of hydrogen-bond acceptors (Lipinski definition) is 5. The predicted molar refractivity (Wildman–Crippen MR) is 75.5 cm³/mol. The Hall–Kier alpha value is -3.30. The van der Waals surface area contributed by atoms with Gasteiger partial charge >= 0.3 is 12.0 Å². The SMILES string of the molecule is Cn1ccc(-c2nnc(NC(=O)Nc3c(F)cccc3F)o2)n1. The molecule has 3 rings (SSSR count). The predicted octanol–water partition coefficient (Wildman–Crippen LogP) is 2.39. The van der Waals surface area contributed by atoms with Gasteiger partial charge in [0.2, 0.25) is 0 Å². The van der Waals surface area contributed by atoms with Crippen LogP contribution in [0.1, 0.15) is 0 Å². The fraction of sp³-hybridized carbons (Fsp3) is 0.0769. The van der Waals surface area contributed by atoms with Crippen LogP contribution in [-0.2, 0) is 7.05 Å². The van der Waals surface area contributed by atoms with Gasteiger partial charge < -0.3 is 9.73 Å². The molecule has 0 aliphatic carbocycles. The number of amides is 2. The van der Waals surface area contributed by atoms with Crippen LogP contribution in [0, 0.1) is 11.6 Å². The number of benzene rings is 1. The molecule has 2 N–H and O–H groups in total. The van der Waals surface area contributed by atoms with Crippen molar-refractivity contribution in [2.24, 2.45) is 7.05 Å². The Kier molecular flexibility index (Phi) is 3.71. The van der Waals surface area contributed by atoms with E-state index in [9.17, 15) is 13.6 Å². The Morgan fingerprint density at radius 2 is 1.91 bits per heavy atom. The summed E-state index contributed by atoms with van der Waals surface area (Å²) < 4.78 is 33.6. The van der Waals surface area contributed by atoms with Gasteiger partial charge in [0, 0.05) is 13.2 Å². The summed E-state index contributed by atoms with van der Waals surface area (Å²) in [5.41, 5.74) is -0.150. The third-order valence-electron chi connectivity index (χ3n) is 2.78. The summed E-state index contributed by atoms with van der Waals surface area (Å²) in [5, 5.41) is 15.6. The monoisotopic (exact) mass is 320 g/mol. The van der Waals surface area contributed by atoms with Gasteiger partial charge in [-0.25, -0.2) is 13.6 Å². The van der Waals surface area contributed by atoms with Crippen LogP contribution in [0.3, 0.4) is 0 Å². The maximum Gasteiger partial charge on any atom is 0.327 e. The van der Waals surface area contributed by atoms with Gasteiger partial charge in [0.25, 0.3) is 5.89 Å². The van der Waals surface area contributed by atoms with E-state index in [2.05, 4.69) is 20.6 Å². The van der Waals surface area contributed by atoms with E-state index in [1.807, 2.05) is 5.32 Å². The van der Waals surface area contributed by atoms with Gasteiger partial charge in [-0.2, -0.15) is 5.10 Å². The van der Waals surface area contributed by atoms with Gasteiger partial charge in [-0.05, 0) is 18.2 Å². The van der Waals surface area contributed by atoms with Gasteiger partial charge in [0.15, 0.2) is 0 Å². The van der Waals surface area contributed by atoms with Crippen LogP contribution >= 0.6 is 0 Å². The molecule has 0 aliphatic rings. The molecule has 8 nitrogen and oxygen atoms in total. The summed E-state index contributed by atoms with van der Waals surface area (Å²) >= 11 is 0. The summed E-state index contributed by atoms with van der Waals surface area (Å²) in [6.45, 7) is 0. The standard InChI is InChI=1S/C13H10F2N6O2/c1-21-6-5-9(20-21)11-18-19-13(23-11)17-12(22)16-10-7(14)3-2-4-8(10)15/h2-6H,1H3,(H2,16,17,19,22). The summed E-state index contributed by atoms with van der Waals surface area (Å²) in [6.07, 6.45) is 1.68. The first-order valence-electron chi connectivity index (χ1n) is 6.38. The Labute approximate surface area is 128 Å². The van der Waals surface area contributed by atoms with Gasteiger partial charge in [-0.1, -0.05) is 11.2 Å². The highest BCUT2D eigenvalue weighted by atomic mass is 19.1. The molecule has 118 valence electrons. The molecule has 0 atom stereocenters. The van der Waals surface area contributed by atoms with Crippen molar-refractivity contribution < 1.29 is 18.0 Å². The lowest BCUT2D eigenvalue weighted by molar-refractivity contribution is 0.261. The molecule has 1 aromatic carbocycles. The maximum atomic E-state index is 13.4. The molecule has 0 saturated heterocycles. The van der Waals surface area contributed by atoms with Crippen LogP contribution < -0.4 is 10.6 Å². The lowest BCUT2D eigenvalue weighted by Gasteiger charge is -2.06. The number of carbonyl (C=O) groups excluding carboxylic acids is 1. The van der Waals surface area contributed by atoms with Crippen molar-refractivity contribution in [2.75, 3.05) is 10.6 Å². The van der Waals surface area contributed by atoms with E-state index in [1.54, 1.807) is 24.0 Å². The molecule has 0 spiro atoms. The topological polar surface area (TPSA) is 97.9 Å². The van der Waals surface area contributed by atoms with E-state index >= 15 is 0 Å². The molecule has 0 radical (unpaired) electrons. The number of rotatable bonds is 3. The number of halogens is 2. The van der Waals surface area contributed by atoms with Crippen LogP contribution in [0.25, 0.3) is 11.6 Å². The number of carbonyl (C=O) groups is 1. The number of nitrogens with one attached hydrogen (secondary N) is 2. The molecule has 0 fully saturated rings. The first-order valence-corrected chi connectivity index (χ1v) is 6.38. The largest absolute Gasteiger partial charge is 0.401 e. The van der Waals surface area contributed by atoms with Crippen LogP contribution in [0.2, 0.25) is 0 Å². The minimum Gasteiger partial charge on any atom is -0.401 e. The molecule has 3 aromatic rings. The van der Waals surface area contributed by atoms with Crippen molar-refractivity contribution in [1.82, 2.24) is 20.0 Å². The van der Waals surface area contributed by atoms with Crippen LogP contribution in [-0.4, -0.2) is 26.0 Å². The van der Waals surface area contributed by atoms with E-state index in [-0.39, 0.29) is 11.9 Å². The highest BCUT2D eigenvalue weighted by Gasteiger charge is 2.15. The van der Waals surface area contributed by atoms with Crippen molar-refractivity contribution in [1.29, 1.82) is 0 Å². The van der Waals surface area contributed by atoms with E-state index in [0.717, 1.165) is 12.1 Å². The number of aryl methyl sites for hydroxylation is 1. The third kappa shape index (κ3) is 3.15. The normalized spacial score (nSPS) is 10.6. The first-order chi connectivity index (χ1) is 11.0. The Bertz CT molecular complexity index is 840. The Balaban J connectivity index is 1.70. The molecule has 0 saturated carbocycles. The summed E-state index contributed by atoms with van der Waals surface area (Å²) in [5.74, 6) is -1.71. The third-order valence-corrected chi connectivity index (χ3v) is 2.78. The zero-order valence-corrected chi connectivity index (χ0v) is 11.7. The number of nitrogens with zero attached hydrogens (tertiary/aromatic N) is 4. The van der Waals surface area contributed by atoms with Crippen molar-refractivity contribution in [3.63, 3.8) is 0 Å². The summed E-state index contributed by atoms with van der Waals surface area (Å²) in [4.78, 5) is 11.7. The molecule has 23 heavy (non-hydrogen) atoms. The zero-order valence-electron chi connectivity index (χ0n) is 11.7. The number of aromatic nitrogens is 4. The second-order valence-corrected chi connectivity index (χ2v) is 4.46. The Morgan fingerprint density at radius 1 is 1.17 bits per heavy atom. The second-order valence-electron chi connectivity index (χ2n) is 4.46. The van der Waals surface area contributed by atoms with Gasteiger partial charge in [0.05, 0.1) is 0 Å². The first kappa shape index (κ1) is 14.6. The van der Waals surface area contributed by atoms with Crippen LogP contribution in [0.5, 0.6) is 0 Å². The number of anilines is 2. The smallest absolute Gasteiger partial charge is 0.327 e. The quantitative estimate of drug-likeness (QED) is 0.772. The Morgan fingerprint density at radius 3 is 2.57 bits per heavy atom. The van der Waals surface area contributed by atoms with Crippen molar-refractivity contribution in [3.8, 4) is 11.6 Å². The zero-order chi connectivity index (χ0) is 16.4. The average molecular weight is 320 g/mol. The molecule has 10 heteroatoms. The second kappa shape index (κ2) is 5.83. The molecule has 2 aromatic heterocycles. The fourth-order valence-electron chi connectivity index (χ4n) is 1.77. The molecule has 2 amide bonds. The minimum atomic E-state index is -0.926. The van der Waals surface area contributed by atoms with Gasteiger partial charge in [-0.3, -0.25) is 10.00 Å². The minimum absolute atomic E-state index is 0.0953. The van der Waals surface area contributed by atoms with E-state index in [4.69, 9.17) is 4.42 Å². The van der Waals surface area contributed by atoms with Gasteiger partial charge in [0.1, 0.15) is 23.0 Å². The molecule has 2 heterocycles. The molecular weight excluding hydrogens is 310 g/mol. The average Bonchev–Trinajstić information content (AvgIpc) is 3.12. The number of urea groups is 1. The number of para-hydroxylation sites is 1. The van der Waals surface area contributed by atoms with Gasteiger partial charge in [-0.15, -0.1) is 5.10 Å². The highest BCUT2D eigenvalue weighted by Crippen LogP contribution is 2.19. The van der Waals surface area contributed by atoms with Crippen molar-refractivity contribution in [3.05, 3.63) is 42.1 Å². The lowest BCUT2D eigenvalue weighted by Crippen LogP contribution is -2.21. The van der Waals surface area contributed by atoms with E-state index < -0.39 is 23.4 Å². The maximum absolute atomic E-state index is 13.4. The molecule has 0 bridgehead atoms. The van der Waals surface area contributed by atoms with Crippen LogP contribution in [0.15, 0.2) is 34.9 Å². The van der Waals surface area contributed by atoms with Crippen molar-refractivity contribution >= 4 is 17.7 Å². The summed E-state index contributed by atoms with van der Waals surface area (Å²) in [6, 6.07) is 3.71. The molecule has 0 aliphatic heterocycles.